The Morgan fingerprint density at radius 3 is 2.75 bits per heavy atom. The molecule has 100 valence electrons. The van der Waals surface area contributed by atoms with Gasteiger partial charge in [0.1, 0.15) is 5.69 Å². The number of rotatable bonds is 2. The zero-order valence-corrected chi connectivity index (χ0v) is 12.3. The molecule has 0 radical (unpaired) electrons. The fourth-order valence-corrected chi connectivity index (χ4v) is 2.09. The van der Waals surface area contributed by atoms with E-state index >= 15 is 0 Å². The van der Waals surface area contributed by atoms with Crippen LogP contribution in [0.3, 0.4) is 0 Å². The van der Waals surface area contributed by atoms with Gasteiger partial charge in [0.25, 0.3) is 5.89 Å². The van der Waals surface area contributed by atoms with Crippen molar-refractivity contribution < 1.29 is 4.52 Å². The predicted octanol–water partition coefficient (Wildman–Crippen LogP) is 3.45. The molecule has 0 aliphatic rings. The Labute approximate surface area is 124 Å². The summed E-state index contributed by atoms with van der Waals surface area (Å²) < 4.78 is 6.24. The van der Waals surface area contributed by atoms with Crippen LogP contribution in [0.25, 0.3) is 23.0 Å². The molecule has 3 rings (SSSR count). The maximum absolute atomic E-state index is 5.60. The second-order valence-electron chi connectivity index (χ2n) is 4.36. The standard InChI is InChI=1S/C14H11BrN4O/c1-8-2-3-9(6-11(8)15)13-18-14(20-19-13)12-5-4-10(16)7-17-12/h2-7H,16H2,1H3. The molecule has 0 saturated heterocycles. The summed E-state index contributed by atoms with van der Waals surface area (Å²) in [6.07, 6.45) is 1.56. The minimum Gasteiger partial charge on any atom is -0.397 e. The van der Waals surface area contributed by atoms with E-state index in [1.165, 1.54) is 0 Å². The highest BCUT2D eigenvalue weighted by molar-refractivity contribution is 9.10. The van der Waals surface area contributed by atoms with Crippen LogP contribution in [0.5, 0.6) is 0 Å². The lowest BCUT2D eigenvalue weighted by atomic mass is 10.1. The van der Waals surface area contributed by atoms with E-state index in [4.69, 9.17) is 10.3 Å². The molecule has 3 aromatic rings. The van der Waals surface area contributed by atoms with Crippen molar-refractivity contribution in [3.05, 3.63) is 46.6 Å². The maximum Gasteiger partial charge on any atom is 0.276 e. The first-order chi connectivity index (χ1) is 9.63. The number of nitrogens with zero attached hydrogens (tertiary/aromatic N) is 3. The van der Waals surface area contributed by atoms with Gasteiger partial charge < -0.3 is 10.3 Å². The number of aromatic nitrogens is 3. The summed E-state index contributed by atoms with van der Waals surface area (Å²) in [5.74, 6) is 0.899. The highest BCUT2D eigenvalue weighted by Crippen LogP contribution is 2.25. The van der Waals surface area contributed by atoms with E-state index in [9.17, 15) is 0 Å². The van der Waals surface area contributed by atoms with E-state index in [1.807, 2.05) is 25.1 Å². The number of hydrogen-bond donors (Lipinski definition) is 1. The van der Waals surface area contributed by atoms with Crippen LogP contribution < -0.4 is 5.73 Å². The smallest absolute Gasteiger partial charge is 0.276 e. The van der Waals surface area contributed by atoms with Gasteiger partial charge in [-0.05, 0) is 30.7 Å². The van der Waals surface area contributed by atoms with E-state index in [1.54, 1.807) is 18.3 Å². The lowest BCUT2D eigenvalue weighted by molar-refractivity contribution is 0.431. The average Bonchev–Trinajstić information content (AvgIpc) is 2.92. The summed E-state index contributed by atoms with van der Waals surface area (Å²) in [6, 6.07) is 9.40. The van der Waals surface area contributed by atoms with E-state index in [0.717, 1.165) is 15.6 Å². The SMILES string of the molecule is Cc1ccc(-c2noc(-c3ccc(N)cn3)n2)cc1Br. The van der Waals surface area contributed by atoms with Crippen LogP contribution >= 0.6 is 15.9 Å². The molecule has 0 unspecified atom stereocenters. The van der Waals surface area contributed by atoms with Crippen LogP contribution in [0.1, 0.15) is 5.56 Å². The molecule has 0 bridgehead atoms. The van der Waals surface area contributed by atoms with Gasteiger partial charge in [0.2, 0.25) is 5.82 Å². The summed E-state index contributed by atoms with van der Waals surface area (Å²) >= 11 is 3.49. The topological polar surface area (TPSA) is 77.8 Å². The summed E-state index contributed by atoms with van der Waals surface area (Å²) in [5.41, 5.74) is 8.82. The molecule has 0 spiro atoms. The highest BCUT2D eigenvalue weighted by Gasteiger charge is 2.12. The largest absolute Gasteiger partial charge is 0.397 e. The Morgan fingerprint density at radius 2 is 2.05 bits per heavy atom. The van der Waals surface area contributed by atoms with Gasteiger partial charge in [-0.15, -0.1) is 0 Å². The first-order valence-corrected chi connectivity index (χ1v) is 6.75. The molecule has 2 N–H and O–H groups in total. The lowest BCUT2D eigenvalue weighted by Crippen LogP contribution is -1.88. The van der Waals surface area contributed by atoms with Crippen molar-refractivity contribution in [1.82, 2.24) is 15.1 Å². The molecule has 5 nitrogen and oxygen atoms in total. The molecular weight excluding hydrogens is 320 g/mol. The summed E-state index contributed by atoms with van der Waals surface area (Å²) in [5, 5.41) is 3.98. The number of nitrogen functional groups attached to an aromatic ring is 1. The van der Waals surface area contributed by atoms with Gasteiger partial charge in [-0.1, -0.05) is 33.2 Å². The Balaban J connectivity index is 1.97. The van der Waals surface area contributed by atoms with Gasteiger partial charge in [-0.25, -0.2) is 4.98 Å². The maximum atomic E-state index is 5.60. The van der Waals surface area contributed by atoms with Gasteiger partial charge in [0, 0.05) is 10.0 Å². The molecule has 0 aliphatic heterocycles. The van der Waals surface area contributed by atoms with E-state index in [2.05, 4.69) is 31.1 Å². The number of anilines is 1. The first kappa shape index (κ1) is 12.8. The third-order valence-corrected chi connectivity index (χ3v) is 3.72. The van der Waals surface area contributed by atoms with Crippen LogP contribution in [0.15, 0.2) is 45.5 Å². The van der Waals surface area contributed by atoms with Crippen molar-refractivity contribution in [2.75, 3.05) is 5.73 Å². The van der Waals surface area contributed by atoms with Crippen LogP contribution in [0, 0.1) is 6.92 Å². The highest BCUT2D eigenvalue weighted by atomic mass is 79.9. The molecule has 2 aromatic heterocycles. The van der Waals surface area contributed by atoms with E-state index in [0.29, 0.717) is 23.1 Å². The van der Waals surface area contributed by atoms with Gasteiger partial charge in [-0.2, -0.15) is 4.98 Å². The summed E-state index contributed by atoms with van der Waals surface area (Å²) in [6.45, 7) is 2.02. The number of aryl methyl sites for hydroxylation is 1. The number of benzene rings is 1. The molecule has 0 saturated carbocycles. The monoisotopic (exact) mass is 330 g/mol. The normalized spacial score (nSPS) is 10.7. The molecule has 1 aromatic carbocycles. The number of hydrogen-bond acceptors (Lipinski definition) is 5. The lowest BCUT2D eigenvalue weighted by Gasteiger charge is -1.99. The van der Waals surface area contributed by atoms with E-state index < -0.39 is 0 Å². The van der Waals surface area contributed by atoms with Crippen LogP contribution in [-0.4, -0.2) is 15.1 Å². The fourth-order valence-electron chi connectivity index (χ4n) is 1.71. The number of halogens is 1. The van der Waals surface area contributed by atoms with E-state index in [-0.39, 0.29) is 0 Å². The molecule has 0 fully saturated rings. The predicted molar refractivity (Wildman–Crippen MR) is 79.8 cm³/mol. The Hall–Kier alpha value is -2.21. The van der Waals surface area contributed by atoms with Gasteiger partial charge in [-0.3, -0.25) is 0 Å². The van der Waals surface area contributed by atoms with Gasteiger partial charge in [0.05, 0.1) is 11.9 Å². The Kier molecular flexibility index (Phi) is 3.23. The van der Waals surface area contributed by atoms with Gasteiger partial charge in [0.15, 0.2) is 0 Å². The van der Waals surface area contributed by atoms with Crippen molar-refractivity contribution >= 4 is 21.6 Å². The molecular formula is C14H11BrN4O. The molecule has 0 atom stereocenters. The minimum atomic E-state index is 0.372. The van der Waals surface area contributed by atoms with Crippen molar-refractivity contribution in [1.29, 1.82) is 0 Å². The zero-order chi connectivity index (χ0) is 14.1. The van der Waals surface area contributed by atoms with Gasteiger partial charge >= 0.3 is 0 Å². The first-order valence-electron chi connectivity index (χ1n) is 5.95. The number of pyridine rings is 1. The molecule has 0 aliphatic carbocycles. The summed E-state index contributed by atoms with van der Waals surface area (Å²) in [7, 11) is 0. The van der Waals surface area contributed by atoms with Crippen molar-refractivity contribution in [2.24, 2.45) is 0 Å². The van der Waals surface area contributed by atoms with Crippen LogP contribution in [0.2, 0.25) is 0 Å². The fraction of sp³-hybridized carbons (Fsp3) is 0.0714. The molecule has 20 heavy (non-hydrogen) atoms. The quantitative estimate of drug-likeness (QED) is 0.778. The second-order valence-corrected chi connectivity index (χ2v) is 5.22. The Morgan fingerprint density at radius 1 is 1.20 bits per heavy atom. The van der Waals surface area contributed by atoms with Crippen molar-refractivity contribution in [3.63, 3.8) is 0 Å². The van der Waals surface area contributed by atoms with Crippen LogP contribution in [0.4, 0.5) is 5.69 Å². The molecule has 2 heterocycles. The second kappa shape index (κ2) is 5.05. The minimum absolute atomic E-state index is 0.372. The van der Waals surface area contributed by atoms with Crippen molar-refractivity contribution in [3.8, 4) is 23.0 Å². The molecule has 0 amide bonds. The zero-order valence-electron chi connectivity index (χ0n) is 10.7. The average molecular weight is 331 g/mol. The third kappa shape index (κ3) is 2.42. The molecule has 6 heteroatoms. The summed E-state index contributed by atoms with van der Waals surface area (Å²) in [4.78, 5) is 8.51. The Bertz CT molecular complexity index is 752. The van der Waals surface area contributed by atoms with Crippen molar-refractivity contribution in [2.45, 2.75) is 6.92 Å². The number of nitrogens with two attached hydrogens (primary N) is 1. The van der Waals surface area contributed by atoms with Crippen LogP contribution in [-0.2, 0) is 0 Å². The third-order valence-electron chi connectivity index (χ3n) is 2.86.